The van der Waals surface area contributed by atoms with Gasteiger partial charge in [-0.25, -0.2) is 0 Å². The average molecular weight is 470 g/mol. The molecule has 0 saturated heterocycles. The Morgan fingerprint density at radius 2 is 1.60 bits per heavy atom. The summed E-state index contributed by atoms with van der Waals surface area (Å²) in [7, 11) is 1.54. The van der Waals surface area contributed by atoms with Crippen molar-refractivity contribution in [2.75, 3.05) is 11.9 Å². The van der Waals surface area contributed by atoms with Crippen molar-refractivity contribution < 1.29 is 18.8 Å². The van der Waals surface area contributed by atoms with Crippen molar-refractivity contribution in [3.05, 3.63) is 87.8 Å². The first-order chi connectivity index (χ1) is 14.4. The summed E-state index contributed by atoms with van der Waals surface area (Å²) >= 11 is 3.16. The number of anilines is 1. The van der Waals surface area contributed by atoms with Crippen LogP contribution in [0.5, 0.6) is 0 Å². The van der Waals surface area contributed by atoms with Gasteiger partial charge in [0.25, 0.3) is 17.7 Å². The van der Waals surface area contributed by atoms with Crippen LogP contribution in [0.15, 0.2) is 69.8 Å². The monoisotopic (exact) mass is 469 g/mol. The van der Waals surface area contributed by atoms with Gasteiger partial charge in [-0.15, -0.1) is 0 Å². The number of rotatable bonds is 5. The largest absolute Gasteiger partial charge is 0.444 e. The van der Waals surface area contributed by atoms with E-state index in [2.05, 4.69) is 26.8 Å². The molecule has 0 aliphatic heterocycles. The molecule has 0 bridgehead atoms. The highest BCUT2D eigenvalue weighted by atomic mass is 79.9. The highest BCUT2D eigenvalue weighted by molar-refractivity contribution is 9.10. The molecule has 0 unspecified atom stereocenters. The molecule has 1 aromatic heterocycles. The fraction of sp³-hybridized carbons (Fsp3) is 0.136. The average Bonchev–Trinajstić information content (AvgIpc) is 3.22. The number of nitrogens with one attached hydrogen (secondary N) is 2. The quantitative estimate of drug-likeness (QED) is 0.553. The van der Waals surface area contributed by atoms with E-state index in [1.165, 1.54) is 11.0 Å². The van der Waals surface area contributed by atoms with Crippen LogP contribution in [0.4, 0.5) is 5.69 Å². The zero-order valence-corrected chi connectivity index (χ0v) is 18.0. The number of hydrogen-bond acceptors (Lipinski definition) is 4. The number of carbonyl (C=O) groups excluding carboxylic acids is 3. The Hall–Kier alpha value is -3.39. The Labute approximate surface area is 182 Å². The molecule has 0 saturated carbocycles. The summed E-state index contributed by atoms with van der Waals surface area (Å²) in [5.74, 6) is -1.28. The zero-order chi connectivity index (χ0) is 21.7. The van der Waals surface area contributed by atoms with E-state index in [9.17, 15) is 14.4 Å². The Morgan fingerprint density at radius 1 is 0.933 bits per heavy atom. The lowest BCUT2D eigenvalue weighted by molar-refractivity contribution is 0.0846. The molecule has 30 heavy (non-hydrogen) atoms. The molecule has 2 N–H and O–H groups in total. The van der Waals surface area contributed by atoms with Crippen LogP contribution in [-0.2, 0) is 6.42 Å². The van der Waals surface area contributed by atoms with Crippen LogP contribution in [0.3, 0.4) is 0 Å². The molecule has 8 heteroatoms. The minimum absolute atomic E-state index is 0.128. The maximum atomic E-state index is 12.7. The fourth-order valence-electron chi connectivity index (χ4n) is 2.81. The molecule has 0 atom stereocenters. The summed E-state index contributed by atoms with van der Waals surface area (Å²) in [6.07, 6.45) is 0.872. The first-order valence-electron chi connectivity index (χ1n) is 9.22. The van der Waals surface area contributed by atoms with Gasteiger partial charge in [0, 0.05) is 12.6 Å². The van der Waals surface area contributed by atoms with Crippen LogP contribution < -0.4 is 15.8 Å². The highest BCUT2D eigenvalue weighted by Crippen LogP contribution is 2.23. The number of nitrogens with zero attached hydrogens (tertiary/aromatic N) is 1. The number of aryl methyl sites for hydroxylation is 1. The molecule has 0 aliphatic rings. The van der Waals surface area contributed by atoms with Gasteiger partial charge in [-0.05, 0) is 64.3 Å². The Kier molecular flexibility index (Phi) is 6.68. The SMILES string of the molecule is CCc1ccc(C(=O)NNC(=O)c2ccccc2N(C)C(=O)c2ccc(Br)o2)cc1. The molecule has 3 amide bonds. The maximum Gasteiger partial charge on any atom is 0.293 e. The molecule has 0 aliphatic carbocycles. The molecule has 7 nitrogen and oxygen atoms in total. The van der Waals surface area contributed by atoms with Gasteiger partial charge in [-0.1, -0.05) is 31.2 Å². The van der Waals surface area contributed by atoms with Gasteiger partial charge in [0.1, 0.15) is 0 Å². The first kappa shape index (κ1) is 21.3. The summed E-state index contributed by atoms with van der Waals surface area (Å²) in [6.45, 7) is 2.03. The standard InChI is InChI=1S/C22H20BrN3O4/c1-3-14-8-10-15(11-9-14)20(27)24-25-21(28)16-6-4-5-7-17(16)26(2)22(29)18-12-13-19(23)30-18/h4-13H,3H2,1-2H3,(H,24,27)(H,25,28). The van der Waals surface area contributed by atoms with Crippen molar-refractivity contribution in [3.8, 4) is 0 Å². The fourth-order valence-corrected chi connectivity index (χ4v) is 3.11. The normalized spacial score (nSPS) is 10.4. The number of furan rings is 1. The second kappa shape index (κ2) is 9.41. The van der Waals surface area contributed by atoms with E-state index < -0.39 is 17.7 Å². The lowest BCUT2D eigenvalue weighted by Gasteiger charge is -2.19. The van der Waals surface area contributed by atoms with Crippen LogP contribution >= 0.6 is 15.9 Å². The van der Waals surface area contributed by atoms with Gasteiger partial charge in [-0.3, -0.25) is 25.2 Å². The number of para-hydroxylation sites is 1. The van der Waals surface area contributed by atoms with E-state index in [4.69, 9.17) is 4.42 Å². The van der Waals surface area contributed by atoms with Crippen LogP contribution in [0.25, 0.3) is 0 Å². The van der Waals surface area contributed by atoms with Crippen molar-refractivity contribution in [2.24, 2.45) is 0 Å². The van der Waals surface area contributed by atoms with Crippen molar-refractivity contribution in [1.82, 2.24) is 10.9 Å². The molecule has 0 radical (unpaired) electrons. The number of benzene rings is 2. The van der Waals surface area contributed by atoms with Crippen molar-refractivity contribution in [1.29, 1.82) is 0 Å². The van der Waals surface area contributed by atoms with Crippen LogP contribution in [0, 0.1) is 0 Å². The van der Waals surface area contributed by atoms with E-state index in [0.29, 0.717) is 15.9 Å². The third-order valence-electron chi connectivity index (χ3n) is 4.51. The van der Waals surface area contributed by atoms with Gasteiger partial charge in [0.2, 0.25) is 0 Å². The lowest BCUT2D eigenvalue weighted by atomic mass is 10.1. The van der Waals surface area contributed by atoms with Gasteiger partial charge in [0.15, 0.2) is 10.4 Å². The summed E-state index contributed by atoms with van der Waals surface area (Å²) < 4.78 is 5.73. The molecule has 3 aromatic rings. The summed E-state index contributed by atoms with van der Waals surface area (Å²) in [4.78, 5) is 38.9. The summed E-state index contributed by atoms with van der Waals surface area (Å²) in [5.41, 5.74) is 6.93. The van der Waals surface area contributed by atoms with Gasteiger partial charge in [0.05, 0.1) is 11.3 Å². The number of halogens is 1. The molecule has 3 rings (SSSR count). The van der Waals surface area contributed by atoms with Crippen LogP contribution in [-0.4, -0.2) is 24.8 Å². The Morgan fingerprint density at radius 3 is 2.23 bits per heavy atom. The summed E-state index contributed by atoms with van der Waals surface area (Å²) in [6, 6.07) is 16.8. The zero-order valence-electron chi connectivity index (χ0n) is 16.4. The first-order valence-corrected chi connectivity index (χ1v) is 10.0. The third-order valence-corrected chi connectivity index (χ3v) is 4.94. The summed E-state index contributed by atoms with van der Waals surface area (Å²) in [5, 5.41) is 0. The van der Waals surface area contributed by atoms with Crippen LogP contribution in [0.1, 0.15) is 43.8 Å². The van der Waals surface area contributed by atoms with Gasteiger partial charge in [-0.2, -0.15) is 0 Å². The van der Waals surface area contributed by atoms with Crippen molar-refractivity contribution in [2.45, 2.75) is 13.3 Å². The Balaban J connectivity index is 1.72. The third kappa shape index (κ3) is 4.77. The lowest BCUT2D eigenvalue weighted by Crippen LogP contribution is -2.42. The van der Waals surface area contributed by atoms with Gasteiger partial charge < -0.3 is 9.32 Å². The van der Waals surface area contributed by atoms with E-state index in [1.807, 2.05) is 19.1 Å². The smallest absolute Gasteiger partial charge is 0.293 e. The van der Waals surface area contributed by atoms with E-state index >= 15 is 0 Å². The molecule has 2 aromatic carbocycles. The molecular formula is C22H20BrN3O4. The Bertz CT molecular complexity index is 1080. The molecular weight excluding hydrogens is 450 g/mol. The topological polar surface area (TPSA) is 91.7 Å². The second-order valence-electron chi connectivity index (χ2n) is 6.44. The number of amides is 3. The second-order valence-corrected chi connectivity index (χ2v) is 7.23. The number of hydrogen-bond donors (Lipinski definition) is 2. The van der Waals surface area contributed by atoms with Gasteiger partial charge >= 0.3 is 0 Å². The minimum atomic E-state index is -0.551. The number of hydrazine groups is 1. The molecule has 0 spiro atoms. The minimum Gasteiger partial charge on any atom is -0.444 e. The predicted octanol–water partition coefficient (Wildman–Crippen LogP) is 3.96. The van der Waals surface area contributed by atoms with Crippen LogP contribution in [0.2, 0.25) is 0 Å². The molecule has 1 heterocycles. The van der Waals surface area contributed by atoms with E-state index in [1.54, 1.807) is 49.5 Å². The van der Waals surface area contributed by atoms with E-state index in [0.717, 1.165) is 12.0 Å². The molecule has 154 valence electrons. The molecule has 0 fully saturated rings. The van der Waals surface area contributed by atoms with Crippen molar-refractivity contribution in [3.63, 3.8) is 0 Å². The number of carbonyl (C=O) groups is 3. The maximum absolute atomic E-state index is 12.7. The highest BCUT2D eigenvalue weighted by Gasteiger charge is 2.22. The van der Waals surface area contributed by atoms with Crippen molar-refractivity contribution >= 4 is 39.3 Å². The predicted molar refractivity (Wildman–Crippen MR) is 116 cm³/mol. The van der Waals surface area contributed by atoms with E-state index in [-0.39, 0.29) is 11.3 Å².